The van der Waals surface area contributed by atoms with Crippen LogP contribution < -0.4 is 5.32 Å². The molecular formula is C12H19N3O3. The first-order valence-electron chi connectivity index (χ1n) is 5.99. The number of carbonyl (C=O) groups excluding carboxylic acids is 1. The van der Waals surface area contributed by atoms with Crippen LogP contribution in [-0.4, -0.2) is 48.3 Å². The van der Waals surface area contributed by atoms with Gasteiger partial charge in [-0.15, -0.1) is 0 Å². The van der Waals surface area contributed by atoms with E-state index in [1.807, 2.05) is 19.9 Å². The van der Waals surface area contributed by atoms with Gasteiger partial charge in [-0.2, -0.15) is 0 Å². The number of amides is 1. The van der Waals surface area contributed by atoms with Crippen LogP contribution >= 0.6 is 0 Å². The molecule has 0 bridgehead atoms. The maximum atomic E-state index is 11.9. The fourth-order valence-corrected chi connectivity index (χ4v) is 1.75. The van der Waals surface area contributed by atoms with E-state index in [1.54, 1.807) is 11.9 Å². The minimum atomic E-state index is -0.193. The van der Waals surface area contributed by atoms with Crippen molar-refractivity contribution in [2.75, 3.05) is 26.7 Å². The summed E-state index contributed by atoms with van der Waals surface area (Å²) in [4.78, 5) is 13.5. The quantitative estimate of drug-likeness (QED) is 0.818. The van der Waals surface area contributed by atoms with Crippen LogP contribution in [0.1, 0.15) is 18.4 Å². The Morgan fingerprint density at radius 2 is 2.39 bits per heavy atom. The minimum absolute atomic E-state index is 0.0521. The highest BCUT2D eigenvalue weighted by molar-refractivity contribution is 5.77. The molecule has 1 aliphatic rings. The van der Waals surface area contributed by atoms with Crippen molar-refractivity contribution in [2.45, 2.75) is 26.0 Å². The van der Waals surface area contributed by atoms with Crippen molar-refractivity contribution in [1.82, 2.24) is 15.4 Å². The first-order chi connectivity index (χ1) is 8.48. The molecule has 1 amide bonds. The molecule has 1 aromatic rings. The van der Waals surface area contributed by atoms with Crippen LogP contribution in [0, 0.1) is 6.92 Å². The number of nitrogens with zero attached hydrogens (tertiary/aromatic N) is 2. The van der Waals surface area contributed by atoms with Gasteiger partial charge in [-0.05, 0) is 13.8 Å². The second kappa shape index (κ2) is 5.07. The van der Waals surface area contributed by atoms with Crippen LogP contribution in [0.2, 0.25) is 0 Å². The molecule has 1 N–H and O–H groups in total. The van der Waals surface area contributed by atoms with Gasteiger partial charge in [-0.1, -0.05) is 5.16 Å². The van der Waals surface area contributed by atoms with E-state index >= 15 is 0 Å². The summed E-state index contributed by atoms with van der Waals surface area (Å²) in [6, 6.07) is 1.82. The molecular weight excluding hydrogens is 234 g/mol. The van der Waals surface area contributed by atoms with Crippen LogP contribution in [0.5, 0.6) is 0 Å². The van der Waals surface area contributed by atoms with Gasteiger partial charge in [0.1, 0.15) is 18.1 Å². The van der Waals surface area contributed by atoms with Crippen molar-refractivity contribution in [1.29, 1.82) is 0 Å². The second-order valence-electron chi connectivity index (χ2n) is 5.02. The summed E-state index contributed by atoms with van der Waals surface area (Å²) in [5, 5.41) is 6.98. The van der Waals surface area contributed by atoms with Gasteiger partial charge >= 0.3 is 0 Å². The van der Waals surface area contributed by atoms with Gasteiger partial charge < -0.3 is 19.5 Å². The Bertz CT molecular complexity index is 426. The molecule has 0 radical (unpaired) electrons. The minimum Gasteiger partial charge on any atom is -0.363 e. The van der Waals surface area contributed by atoms with Crippen molar-refractivity contribution in [2.24, 2.45) is 0 Å². The number of ether oxygens (including phenoxy) is 1. The Labute approximate surface area is 106 Å². The summed E-state index contributed by atoms with van der Waals surface area (Å²) < 4.78 is 10.6. The summed E-state index contributed by atoms with van der Waals surface area (Å²) in [5.41, 5.74) is 0.556. The summed E-state index contributed by atoms with van der Waals surface area (Å²) in [5.74, 6) is 0.693. The third-order valence-electron chi connectivity index (χ3n) is 3.04. The van der Waals surface area contributed by atoms with Gasteiger partial charge in [-0.3, -0.25) is 4.79 Å². The fraction of sp³-hybridized carbons (Fsp3) is 0.667. The van der Waals surface area contributed by atoms with E-state index in [4.69, 9.17) is 9.26 Å². The zero-order valence-electron chi connectivity index (χ0n) is 11.0. The molecule has 0 spiro atoms. The predicted molar refractivity (Wildman–Crippen MR) is 64.9 cm³/mol. The van der Waals surface area contributed by atoms with Crippen molar-refractivity contribution in [3.8, 4) is 0 Å². The number of nitrogens with one attached hydrogen (secondary N) is 1. The normalized spacial score (nSPS) is 17.3. The van der Waals surface area contributed by atoms with E-state index in [0.29, 0.717) is 6.54 Å². The third kappa shape index (κ3) is 3.08. The monoisotopic (exact) mass is 253 g/mol. The number of likely N-dealkylation sites (N-methyl/N-ethyl adjacent to an activating group) is 1. The van der Waals surface area contributed by atoms with E-state index in [0.717, 1.165) is 24.5 Å². The van der Waals surface area contributed by atoms with E-state index in [1.165, 1.54) is 0 Å². The largest absolute Gasteiger partial charge is 0.363 e. The Balaban J connectivity index is 1.77. The number of aryl methyl sites for hydroxylation is 1. The average molecular weight is 253 g/mol. The molecule has 6 heteroatoms. The van der Waals surface area contributed by atoms with Gasteiger partial charge in [0.05, 0.1) is 12.1 Å². The maximum absolute atomic E-state index is 11.9. The number of carbonyl (C=O) groups is 1. The average Bonchev–Trinajstić information content (AvgIpc) is 2.69. The highest BCUT2D eigenvalue weighted by Crippen LogP contribution is 2.15. The van der Waals surface area contributed by atoms with Gasteiger partial charge in [0.2, 0.25) is 5.91 Å². The standard InChI is InChI=1S/C12H19N3O3/c1-9-4-10(14-18-9)5-15(3)11(16)6-17-12(2)7-13-8-12/h4,13H,5-8H2,1-3H3. The Morgan fingerprint density at radius 3 is 2.89 bits per heavy atom. The lowest BCUT2D eigenvalue weighted by atomic mass is 10.0. The van der Waals surface area contributed by atoms with E-state index in [9.17, 15) is 4.79 Å². The summed E-state index contributed by atoms with van der Waals surface area (Å²) in [6.07, 6.45) is 0. The Kier molecular flexibility index (Phi) is 3.68. The molecule has 1 saturated heterocycles. The fourth-order valence-electron chi connectivity index (χ4n) is 1.75. The smallest absolute Gasteiger partial charge is 0.248 e. The molecule has 18 heavy (non-hydrogen) atoms. The maximum Gasteiger partial charge on any atom is 0.248 e. The van der Waals surface area contributed by atoms with Crippen molar-refractivity contribution < 1.29 is 14.1 Å². The predicted octanol–water partition coefficient (Wildman–Crippen LogP) is 0.320. The lowest BCUT2D eigenvalue weighted by molar-refractivity contribution is -0.145. The summed E-state index contributed by atoms with van der Waals surface area (Å²) in [7, 11) is 1.73. The third-order valence-corrected chi connectivity index (χ3v) is 3.04. The van der Waals surface area contributed by atoms with E-state index in [2.05, 4.69) is 10.5 Å². The van der Waals surface area contributed by atoms with Crippen LogP contribution in [0.15, 0.2) is 10.6 Å². The molecule has 0 unspecified atom stereocenters. The van der Waals surface area contributed by atoms with Gasteiger partial charge in [0, 0.05) is 26.2 Å². The molecule has 2 heterocycles. The van der Waals surface area contributed by atoms with Crippen LogP contribution in [0.3, 0.4) is 0 Å². The van der Waals surface area contributed by atoms with E-state index in [-0.39, 0.29) is 18.1 Å². The van der Waals surface area contributed by atoms with Crippen LogP contribution in [0.4, 0.5) is 0 Å². The van der Waals surface area contributed by atoms with Crippen molar-refractivity contribution in [3.05, 3.63) is 17.5 Å². The Morgan fingerprint density at radius 1 is 1.67 bits per heavy atom. The lowest BCUT2D eigenvalue weighted by Gasteiger charge is -2.39. The van der Waals surface area contributed by atoms with Crippen LogP contribution in [-0.2, 0) is 16.1 Å². The summed E-state index contributed by atoms with van der Waals surface area (Å²) in [6.45, 7) is 5.96. The van der Waals surface area contributed by atoms with Gasteiger partial charge in [0.15, 0.2) is 0 Å². The zero-order valence-corrected chi connectivity index (χ0v) is 11.0. The summed E-state index contributed by atoms with van der Waals surface area (Å²) >= 11 is 0. The van der Waals surface area contributed by atoms with Gasteiger partial charge in [-0.25, -0.2) is 0 Å². The number of rotatable bonds is 5. The first-order valence-corrected chi connectivity index (χ1v) is 5.99. The molecule has 100 valence electrons. The highest BCUT2D eigenvalue weighted by atomic mass is 16.5. The Hall–Kier alpha value is -1.40. The zero-order chi connectivity index (χ0) is 13.2. The number of hydrogen-bond acceptors (Lipinski definition) is 5. The van der Waals surface area contributed by atoms with Crippen molar-refractivity contribution in [3.63, 3.8) is 0 Å². The molecule has 1 aliphatic heterocycles. The molecule has 0 atom stereocenters. The number of aromatic nitrogens is 1. The number of hydrogen-bond donors (Lipinski definition) is 1. The van der Waals surface area contributed by atoms with E-state index < -0.39 is 0 Å². The highest BCUT2D eigenvalue weighted by Gasteiger charge is 2.33. The van der Waals surface area contributed by atoms with Crippen molar-refractivity contribution >= 4 is 5.91 Å². The second-order valence-corrected chi connectivity index (χ2v) is 5.02. The molecule has 0 saturated carbocycles. The molecule has 2 rings (SSSR count). The van der Waals surface area contributed by atoms with Gasteiger partial charge in [0.25, 0.3) is 0 Å². The van der Waals surface area contributed by atoms with Crippen LogP contribution in [0.25, 0.3) is 0 Å². The molecule has 6 nitrogen and oxygen atoms in total. The first kappa shape index (κ1) is 13.0. The molecule has 0 aromatic carbocycles. The topological polar surface area (TPSA) is 67.6 Å². The lowest BCUT2D eigenvalue weighted by Crippen LogP contribution is -2.59. The molecule has 1 fully saturated rings. The molecule has 0 aliphatic carbocycles. The molecule has 1 aromatic heterocycles. The SMILES string of the molecule is Cc1cc(CN(C)C(=O)COC2(C)CNC2)no1.